The van der Waals surface area contributed by atoms with Gasteiger partial charge in [-0.05, 0) is 13.0 Å². The van der Waals surface area contributed by atoms with Crippen molar-refractivity contribution in [1.29, 1.82) is 0 Å². The lowest BCUT2D eigenvalue weighted by molar-refractivity contribution is 0.597. The zero-order valence-corrected chi connectivity index (χ0v) is 10.6. The van der Waals surface area contributed by atoms with Crippen molar-refractivity contribution in [3.8, 4) is 11.3 Å². The Bertz CT molecular complexity index is 629. The number of hydrogen-bond donors (Lipinski definition) is 1. The van der Waals surface area contributed by atoms with Crippen LogP contribution in [0.4, 0.5) is 0 Å². The van der Waals surface area contributed by atoms with Gasteiger partial charge in [-0.15, -0.1) is 0 Å². The van der Waals surface area contributed by atoms with E-state index in [9.17, 15) is 8.42 Å². The first-order valence-electron chi connectivity index (χ1n) is 5.38. The molecule has 1 heterocycles. The maximum absolute atomic E-state index is 11.9. The van der Waals surface area contributed by atoms with Gasteiger partial charge < -0.3 is 0 Å². The largest absolute Gasteiger partial charge is 0.276 e. The number of nitrogens with zero attached hydrogens (tertiary/aromatic N) is 1. The third kappa shape index (κ3) is 2.24. The van der Waals surface area contributed by atoms with Gasteiger partial charge >= 0.3 is 0 Å². The molecular formula is C12H14N2O2S. The molecule has 0 radical (unpaired) electrons. The molecule has 0 fully saturated rings. The predicted molar refractivity (Wildman–Crippen MR) is 66.5 cm³/mol. The van der Waals surface area contributed by atoms with Crippen LogP contribution in [0.25, 0.3) is 11.3 Å². The van der Waals surface area contributed by atoms with Gasteiger partial charge in [0, 0.05) is 5.56 Å². The molecular weight excluding hydrogens is 236 g/mol. The molecule has 0 amide bonds. The van der Waals surface area contributed by atoms with Crippen molar-refractivity contribution in [3.63, 3.8) is 0 Å². The molecule has 0 spiro atoms. The summed E-state index contributed by atoms with van der Waals surface area (Å²) in [5.41, 5.74) is 2.49. The molecule has 0 atom stereocenters. The molecule has 0 aliphatic heterocycles. The van der Waals surface area contributed by atoms with E-state index in [2.05, 4.69) is 10.2 Å². The molecule has 1 N–H and O–H groups in total. The van der Waals surface area contributed by atoms with Crippen molar-refractivity contribution in [1.82, 2.24) is 10.2 Å². The first-order chi connectivity index (χ1) is 8.04. The zero-order valence-electron chi connectivity index (χ0n) is 9.77. The molecule has 0 bridgehead atoms. The van der Waals surface area contributed by atoms with Crippen LogP contribution >= 0.6 is 0 Å². The molecule has 0 aliphatic carbocycles. The van der Waals surface area contributed by atoms with Gasteiger partial charge in [0.05, 0.1) is 17.6 Å². The van der Waals surface area contributed by atoms with Crippen molar-refractivity contribution in [2.45, 2.75) is 18.7 Å². The smallest absolute Gasteiger partial charge is 0.181 e. The molecule has 0 saturated carbocycles. The molecule has 0 aliphatic rings. The summed E-state index contributed by atoms with van der Waals surface area (Å²) in [5, 5.41) is 6.60. The van der Waals surface area contributed by atoms with Crippen molar-refractivity contribution < 1.29 is 8.42 Å². The fraction of sp³-hybridized carbons (Fsp3) is 0.250. The van der Waals surface area contributed by atoms with Crippen molar-refractivity contribution in [2.75, 3.05) is 5.75 Å². The van der Waals surface area contributed by atoms with Gasteiger partial charge in [-0.3, -0.25) is 5.10 Å². The Morgan fingerprint density at radius 3 is 2.76 bits per heavy atom. The molecule has 0 saturated heterocycles. The summed E-state index contributed by atoms with van der Waals surface area (Å²) < 4.78 is 23.8. The molecule has 1 aromatic carbocycles. The van der Waals surface area contributed by atoms with Gasteiger partial charge in [-0.25, -0.2) is 8.42 Å². The lowest BCUT2D eigenvalue weighted by Gasteiger charge is -2.04. The van der Waals surface area contributed by atoms with E-state index in [0.717, 1.165) is 11.1 Å². The van der Waals surface area contributed by atoms with Crippen LogP contribution in [0.15, 0.2) is 35.4 Å². The molecule has 1 aromatic heterocycles. The van der Waals surface area contributed by atoms with E-state index in [-0.39, 0.29) is 10.6 Å². The Labute approximate surface area is 101 Å². The van der Waals surface area contributed by atoms with Crippen LogP contribution < -0.4 is 0 Å². The van der Waals surface area contributed by atoms with E-state index in [1.54, 1.807) is 6.92 Å². The predicted octanol–water partition coefficient (Wildman–Crippen LogP) is 2.18. The van der Waals surface area contributed by atoms with Crippen LogP contribution in [0.1, 0.15) is 12.5 Å². The first kappa shape index (κ1) is 11.9. The highest BCUT2D eigenvalue weighted by Crippen LogP contribution is 2.26. The number of benzene rings is 1. The second-order valence-electron chi connectivity index (χ2n) is 3.88. The maximum atomic E-state index is 11.9. The lowest BCUT2D eigenvalue weighted by atomic mass is 10.1. The van der Waals surface area contributed by atoms with Gasteiger partial charge in [0.15, 0.2) is 9.84 Å². The average Bonchev–Trinajstić information content (AvgIpc) is 2.78. The fourth-order valence-electron chi connectivity index (χ4n) is 1.67. The number of sulfone groups is 1. The molecule has 2 rings (SSSR count). The number of aromatic amines is 1. The van der Waals surface area contributed by atoms with Crippen molar-refractivity contribution in [2.24, 2.45) is 0 Å². The van der Waals surface area contributed by atoms with E-state index in [0.29, 0.717) is 5.69 Å². The minimum absolute atomic E-state index is 0.0748. The number of aryl methyl sites for hydroxylation is 1. The van der Waals surface area contributed by atoms with Crippen LogP contribution in [0.3, 0.4) is 0 Å². The maximum Gasteiger partial charge on any atom is 0.181 e. The Balaban J connectivity index is 2.59. The molecule has 0 unspecified atom stereocenters. The van der Waals surface area contributed by atoms with E-state index in [1.807, 2.05) is 31.2 Å². The Morgan fingerprint density at radius 1 is 1.35 bits per heavy atom. The number of nitrogens with one attached hydrogen (secondary N) is 1. The van der Waals surface area contributed by atoms with Crippen LogP contribution in [-0.4, -0.2) is 24.4 Å². The molecule has 2 aromatic rings. The van der Waals surface area contributed by atoms with Crippen molar-refractivity contribution in [3.05, 3.63) is 36.0 Å². The zero-order chi connectivity index (χ0) is 12.5. The SMILES string of the molecule is CCS(=O)(=O)c1cn[nH]c1-c1cccc(C)c1. The number of hydrogen-bond acceptors (Lipinski definition) is 3. The molecule has 5 heteroatoms. The van der Waals surface area contributed by atoms with Crippen LogP contribution in [-0.2, 0) is 9.84 Å². The van der Waals surface area contributed by atoms with Crippen LogP contribution in [0.5, 0.6) is 0 Å². The fourth-order valence-corrected chi connectivity index (χ4v) is 2.67. The second-order valence-corrected chi connectivity index (χ2v) is 6.13. The Hall–Kier alpha value is -1.62. The minimum Gasteiger partial charge on any atom is -0.276 e. The van der Waals surface area contributed by atoms with Crippen molar-refractivity contribution >= 4 is 9.84 Å². The molecule has 17 heavy (non-hydrogen) atoms. The van der Waals surface area contributed by atoms with E-state index in [4.69, 9.17) is 0 Å². The van der Waals surface area contributed by atoms with Gasteiger partial charge in [0.25, 0.3) is 0 Å². The highest BCUT2D eigenvalue weighted by molar-refractivity contribution is 7.91. The normalized spacial score (nSPS) is 11.6. The summed E-state index contributed by atoms with van der Waals surface area (Å²) in [6.45, 7) is 3.59. The highest BCUT2D eigenvalue weighted by Gasteiger charge is 2.19. The van der Waals surface area contributed by atoms with Crippen LogP contribution in [0.2, 0.25) is 0 Å². The monoisotopic (exact) mass is 250 g/mol. The summed E-state index contributed by atoms with van der Waals surface area (Å²) in [4.78, 5) is 0.269. The Morgan fingerprint density at radius 2 is 2.12 bits per heavy atom. The molecule has 90 valence electrons. The summed E-state index contributed by atoms with van der Waals surface area (Å²) in [6, 6.07) is 7.67. The minimum atomic E-state index is -3.24. The number of H-pyrrole nitrogens is 1. The summed E-state index contributed by atoms with van der Waals surface area (Å²) in [6.07, 6.45) is 1.37. The van der Waals surface area contributed by atoms with Gasteiger partial charge in [0.1, 0.15) is 4.90 Å². The third-order valence-corrected chi connectivity index (χ3v) is 4.37. The van der Waals surface area contributed by atoms with Gasteiger partial charge in [-0.2, -0.15) is 5.10 Å². The van der Waals surface area contributed by atoms with Gasteiger partial charge in [0.2, 0.25) is 0 Å². The molecule has 4 nitrogen and oxygen atoms in total. The van der Waals surface area contributed by atoms with E-state index >= 15 is 0 Å². The summed E-state index contributed by atoms with van der Waals surface area (Å²) >= 11 is 0. The third-order valence-electron chi connectivity index (χ3n) is 2.63. The van der Waals surface area contributed by atoms with Crippen LogP contribution in [0, 0.1) is 6.92 Å². The average molecular weight is 250 g/mol. The first-order valence-corrected chi connectivity index (χ1v) is 7.03. The Kier molecular flexibility index (Phi) is 3.02. The number of rotatable bonds is 3. The topological polar surface area (TPSA) is 62.8 Å². The number of aromatic nitrogens is 2. The van der Waals surface area contributed by atoms with Gasteiger partial charge in [-0.1, -0.05) is 30.7 Å². The lowest BCUT2D eigenvalue weighted by Crippen LogP contribution is -2.04. The van der Waals surface area contributed by atoms with E-state index in [1.165, 1.54) is 6.20 Å². The summed E-state index contributed by atoms with van der Waals surface area (Å²) in [7, 11) is -3.24. The van der Waals surface area contributed by atoms with E-state index < -0.39 is 9.84 Å². The standard InChI is InChI=1S/C12H14N2O2S/c1-3-17(15,16)11-8-13-14-12(11)10-6-4-5-9(2)7-10/h4-8H,3H2,1-2H3,(H,13,14). The quantitative estimate of drug-likeness (QED) is 0.908. The highest BCUT2D eigenvalue weighted by atomic mass is 32.2. The second kappa shape index (κ2) is 4.33. The summed E-state index contributed by atoms with van der Waals surface area (Å²) in [5.74, 6) is 0.0748.